The number of benzene rings is 2. The van der Waals surface area contributed by atoms with Crippen LogP contribution in [0.15, 0.2) is 63.8 Å². The number of aryl methyl sites for hydroxylation is 1. The lowest BCUT2D eigenvalue weighted by atomic mass is 10.2. The van der Waals surface area contributed by atoms with Gasteiger partial charge in [-0.3, -0.25) is 4.79 Å². The molecule has 0 fully saturated rings. The Balaban J connectivity index is 1.34. The highest BCUT2D eigenvalue weighted by molar-refractivity contribution is 8.01. The smallest absolute Gasteiger partial charge is 0.230 e. The molecule has 140 valence electrons. The zero-order valence-corrected chi connectivity index (χ0v) is 17.3. The number of nitrogens with zero attached hydrogens (tertiary/aromatic N) is 2. The predicted octanol–water partition coefficient (Wildman–Crippen LogP) is 4.59. The average molecular weight is 417 g/mol. The molecule has 0 atom stereocenters. The maximum atomic E-state index is 12.0. The van der Waals surface area contributed by atoms with E-state index in [1.54, 1.807) is 11.8 Å². The van der Waals surface area contributed by atoms with Crippen molar-refractivity contribution < 1.29 is 4.79 Å². The Bertz CT molecular complexity index is 853. The molecule has 0 aliphatic rings. The number of amides is 1. The number of hydrogen-bond donors (Lipinski definition) is 2. The van der Waals surface area contributed by atoms with Crippen molar-refractivity contribution in [2.45, 2.75) is 16.2 Å². The second-order valence-electron chi connectivity index (χ2n) is 5.66. The number of carbonyl (C=O) groups is 1. The molecule has 0 unspecified atom stereocenters. The molecule has 0 aliphatic heterocycles. The van der Waals surface area contributed by atoms with E-state index in [-0.39, 0.29) is 5.91 Å². The van der Waals surface area contributed by atoms with Gasteiger partial charge >= 0.3 is 0 Å². The summed E-state index contributed by atoms with van der Waals surface area (Å²) >= 11 is 4.58. The van der Waals surface area contributed by atoms with Gasteiger partial charge < -0.3 is 10.6 Å². The van der Waals surface area contributed by atoms with Crippen LogP contribution in [-0.2, 0) is 4.79 Å². The SMILES string of the molecule is Cc1ccc(SCCNC(=O)CSc2nnc(Nc3ccccc3)s2)cc1. The molecule has 1 aromatic heterocycles. The van der Waals surface area contributed by atoms with Crippen molar-refractivity contribution in [3.63, 3.8) is 0 Å². The monoisotopic (exact) mass is 416 g/mol. The van der Waals surface area contributed by atoms with Gasteiger partial charge in [0.05, 0.1) is 5.75 Å². The largest absolute Gasteiger partial charge is 0.355 e. The van der Waals surface area contributed by atoms with Crippen LogP contribution >= 0.6 is 34.9 Å². The molecule has 0 bridgehead atoms. The van der Waals surface area contributed by atoms with Crippen LogP contribution in [-0.4, -0.2) is 34.2 Å². The van der Waals surface area contributed by atoms with E-state index in [2.05, 4.69) is 52.0 Å². The predicted molar refractivity (Wildman–Crippen MR) is 115 cm³/mol. The molecule has 0 saturated carbocycles. The number of carbonyl (C=O) groups excluding carboxylic acids is 1. The lowest BCUT2D eigenvalue weighted by molar-refractivity contribution is -0.118. The molecule has 1 heterocycles. The summed E-state index contributed by atoms with van der Waals surface area (Å²) < 4.78 is 0.776. The van der Waals surface area contributed by atoms with E-state index in [0.29, 0.717) is 12.3 Å². The van der Waals surface area contributed by atoms with E-state index in [1.165, 1.54) is 33.6 Å². The molecule has 1 amide bonds. The number of anilines is 2. The van der Waals surface area contributed by atoms with Crippen LogP contribution in [0.25, 0.3) is 0 Å². The number of rotatable bonds is 9. The highest BCUT2D eigenvalue weighted by Gasteiger charge is 2.08. The summed E-state index contributed by atoms with van der Waals surface area (Å²) in [4.78, 5) is 13.2. The molecular weight excluding hydrogens is 396 g/mol. The van der Waals surface area contributed by atoms with Gasteiger partial charge in [-0.15, -0.1) is 22.0 Å². The van der Waals surface area contributed by atoms with Gasteiger partial charge in [0.15, 0.2) is 4.34 Å². The van der Waals surface area contributed by atoms with Gasteiger partial charge in [0.2, 0.25) is 11.0 Å². The number of thioether (sulfide) groups is 2. The van der Waals surface area contributed by atoms with Crippen molar-refractivity contribution in [3.8, 4) is 0 Å². The fraction of sp³-hybridized carbons (Fsp3) is 0.211. The van der Waals surface area contributed by atoms with E-state index < -0.39 is 0 Å². The molecule has 0 radical (unpaired) electrons. The summed E-state index contributed by atoms with van der Waals surface area (Å²) in [5, 5.41) is 15.1. The van der Waals surface area contributed by atoms with Crippen LogP contribution in [0.3, 0.4) is 0 Å². The second-order valence-corrected chi connectivity index (χ2v) is 9.03. The fourth-order valence-corrected chi connectivity index (χ4v) is 4.51. The molecule has 5 nitrogen and oxygen atoms in total. The Morgan fingerprint density at radius 1 is 1.04 bits per heavy atom. The van der Waals surface area contributed by atoms with Gasteiger partial charge in [-0.25, -0.2) is 0 Å². The number of hydrogen-bond acceptors (Lipinski definition) is 7. The molecule has 0 spiro atoms. The van der Waals surface area contributed by atoms with Crippen LogP contribution in [0.4, 0.5) is 10.8 Å². The third-order valence-electron chi connectivity index (χ3n) is 3.47. The summed E-state index contributed by atoms with van der Waals surface area (Å²) in [5.74, 6) is 1.20. The summed E-state index contributed by atoms with van der Waals surface area (Å²) in [6.45, 7) is 2.72. The van der Waals surface area contributed by atoms with Crippen molar-refractivity contribution in [1.29, 1.82) is 0 Å². The summed E-state index contributed by atoms with van der Waals surface area (Å²) in [6, 6.07) is 18.2. The third kappa shape index (κ3) is 6.89. The van der Waals surface area contributed by atoms with Gasteiger partial charge in [0.25, 0.3) is 0 Å². The fourth-order valence-electron chi connectivity index (χ4n) is 2.14. The molecule has 0 saturated heterocycles. The van der Waals surface area contributed by atoms with Crippen LogP contribution in [0.2, 0.25) is 0 Å². The summed E-state index contributed by atoms with van der Waals surface area (Å²) in [7, 11) is 0. The van der Waals surface area contributed by atoms with Gasteiger partial charge in [-0.2, -0.15) is 0 Å². The van der Waals surface area contributed by atoms with Crippen molar-refractivity contribution in [2.75, 3.05) is 23.4 Å². The number of para-hydroxylation sites is 1. The molecule has 3 aromatic rings. The molecule has 0 aliphatic carbocycles. The maximum Gasteiger partial charge on any atom is 0.230 e. The third-order valence-corrected chi connectivity index (χ3v) is 6.46. The van der Waals surface area contributed by atoms with Crippen LogP contribution in [0.1, 0.15) is 5.56 Å². The van der Waals surface area contributed by atoms with Crippen LogP contribution in [0.5, 0.6) is 0 Å². The number of aromatic nitrogens is 2. The molecular formula is C19H20N4OS3. The first kappa shape index (κ1) is 19.7. The maximum absolute atomic E-state index is 12.0. The summed E-state index contributed by atoms with van der Waals surface area (Å²) in [5.41, 5.74) is 2.22. The minimum Gasteiger partial charge on any atom is -0.355 e. The molecule has 2 N–H and O–H groups in total. The first-order valence-electron chi connectivity index (χ1n) is 8.43. The zero-order valence-electron chi connectivity index (χ0n) is 14.8. The van der Waals surface area contributed by atoms with Crippen molar-refractivity contribution >= 4 is 51.6 Å². The molecule has 8 heteroatoms. The van der Waals surface area contributed by atoms with Gasteiger partial charge in [-0.1, -0.05) is 59.0 Å². The number of nitrogens with one attached hydrogen (secondary N) is 2. The van der Waals surface area contributed by atoms with Gasteiger partial charge in [0.1, 0.15) is 0 Å². The van der Waals surface area contributed by atoms with Crippen LogP contribution in [0, 0.1) is 6.92 Å². The quantitative estimate of drug-likeness (QED) is 0.393. The highest BCUT2D eigenvalue weighted by atomic mass is 32.2. The highest BCUT2D eigenvalue weighted by Crippen LogP contribution is 2.27. The Morgan fingerprint density at radius 3 is 2.59 bits per heavy atom. The Hall–Kier alpha value is -2.03. The normalized spacial score (nSPS) is 10.6. The van der Waals surface area contributed by atoms with Crippen molar-refractivity contribution in [3.05, 3.63) is 60.2 Å². The first-order valence-corrected chi connectivity index (χ1v) is 11.2. The molecule has 2 aromatic carbocycles. The summed E-state index contributed by atoms with van der Waals surface area (Å²) in [6.07, 6.45) is 0. The average Bonchev–Trinajstić information content (AvgIpc) is 3.13. The topological polar surface area (TPSA) is 66.9 Å². The van der Waals surface area contributed by atoms with Crippen molar-refractivity contribution in [1.82, 2.24) is 15.5 Å². The van der Waals surface area contributed by atoms with E-state index in [4.69, 9.17) is 0 Å². The van der Waals surface area contributed by atoms with Crippen molar-refractivity contribution in [2.24, 2.45) is 0 Å². The first-order chi connectivity index (χ1) is 13.2. The van der Waals surface area contributed by atoms with E-state index >= 15 is 0 Å². The van der Waals surface area contributed by atoms with Crippen LogP contribution < -0.4 is 10.6 Å². The van der Waals surface area contributed by atoms with E-state index in [9.17, 15) is 4.79 Å². The lowest BCUT2D eigenvalue weighted by Gasteiger charge is -2.04. The second kappa shape index (κ2) is 10.3. The molecule has 3 rings (SSSR count). The molecule has 27 heavy (non-hydrogen) atoms. The van der Waals surface area contributed by atoms with E-state index in [0.717, 1.165) is 20.9 Å². The minimum atomic E-state index is 0.0114. The van der Waals surface area contributed by atoms with Gasteiger partial charge in [0, 0.05) is 22.9 Å². The Morgan fingerprint density at radius 2 is 1.81 bits per heavy atom. The Labute approximate surface area is 171 Å². The van der Waals surface area contributed by atoms with E-state index in [1.807, 2.05) is 30.3 Å². The standard InChI is InChI=1S/C19H20N4OS3/c1-14-7-9-16(10-8-14)25-12-11-20-17(24)13-26-19-23-22-18(27-19)21-15-5-3-2-4-6-15/h2-10H,11-13H2,1H3,(H,20,24)(H,21,22). The lowest BCUT2D eigenvalue weighted by Crippen LogP contribution is -2.27. The zero-order chi connectivity index (χ0) is 18.9. The Kier molecular flexibility index (Phi) is 7.55. The van der Waals surface area contributed by atoms with Gasteiger partial charge in [-0.05, 0) is 31.2 Å². The minimum absolute atomic E-state index is 0.0114.